The number of rotatable bonds is 4. The van der Waals surface area contributed by atoms with E-state index in [-0.39, 0.29) is 0 Å². The van der Waals surface area contributed by atoms with E-state index >= 15 is 0 Å². The number of nitrogens with zero attached hydrogens (tertiary/aromatic N) is 1. The summed E-state index contributed by atoms with van der Waals surface area (Å²) in [4.78, 5) is 14.5. The molecule has 1 aliphatic carbocycles. The Morgan fingerprint density at radius 2 is 1.89 bits per heavy atom. The van der Waals surface area contributed by atoms with Gasteiger partial charge in [0.1, 0.15) is 0 Å². The maximum atomic E-state index is 12.4. The average molecular weight is 266 g/mol. The van der Waals surface area contributed by atoms with E-state index in [4.69, 9.17) is 5.73 Å². The van der Waals surface area contributed by atoms with Gasteiger partial charge in [0.25, 0.3) is 0 Å². The van der Waals surface area contributed by atoms with Gasteiger partial charge in [-0.05, 0) is 56.8 Å². The van der Waals surface area contributed by atoms with Crippen molar-refractivity contribution in [2.24, 2.45) is 17.6 Å². The fourth-order valence-corrected chi connectivity index (χ4v) is 3.74. The largest absolute Gasteiger partial charge is 0.339 e. The molecule has 0 aromatic carbocycles. The van der Waals surface area contributed by atoms with Gasteiger partial charge in [-0.15, -0.1) is 0 Å². The Morgan fingerprint density at radius 3 is 2.53 bits per heavy atom. The molecule has 1 atom stereocenters. The summed E-state index contributed by atoms with van der Waals surface area (Å²) in [6.07, 6.45) is 8.96. The van der Waals surface area contributed by atoms with Crippen LogP contribution in [0.4, 0.5) is 0 Å². The lowest BCUT2D eigenvalue weighted by molar-refractivity contribution is -0.133. The number of nitrogens with two attached hydrogens (primary N) is 1. The Labute approximate surface area is 117 Å². The number of hydrogen-bond acceptors (Lipinski definition) is 2. The molecule has 0 aromatic rings. The van der Waals surface area contributed by atoms with Gasteiger partial charge in [-0.1, -0.05) is 13.8 Å². The van der Waals surface area contributed by atoms with Crippen molar-refractivity contribution in [1.29, 1.82) is 0 Å². The van der Waals surface area contributed by atoms with Gasteiger partial charge < -0.3 is 10.6 Å². The topological polar surface area (TPSA) is 46.3 Å². The Morgan fingerprint density at radius 1 is 1.21 bits per heavy atom. The van der Waals surface area contributed by atoms with Crippen molar-refractivity contribution in [3.05, 3.63) is 0 Å². The van der Waals surface area contributed by atoms with Gasteiger partial charge in [-0.25, -0.2) is 0 Å². The molecule has 0 spiro atoms. The van der Waals surface area contributed by atoms with E-state index < -0.39 is 0 Å². The van der Waals surface area contributed by atoms with Gasteiger partial charge >= 0.3 is 0 Å². The minimum absolute atomic E-state index is 0.395. The summed E-state index contributed by atoms with van der Waals surface area (Å²) in [5.74, 6) is 1.73. The molecule has 2 N–H and O–H groups in total. The van der Waals surface area contributed by atoms with Crippen LogP contribution in [0.25, 0.3) is 0 Å². The van der Waals surface area contributed by atoms with E-state index in [0.717, 1.165) is 38.1 Å². The third-order valence-corrected chi connectivity index (χ3v) is 5.05. The average Bonchev–Trinajstić information content (AvgIpc) is 2.87. The number of carbonyl (C=O) groups excluding carboxylic acids is 1. The van der Waals surface area contributed by atoms with E-state index in [1.54, 1.807) is 0 Å². The summed E-state index contributed by atoms with van der Waals surface area (Å²) in [7, 11) is 0. The van der Waals surface area contributed by atoms with Gasteiger partial charge in [0.2, 0.25) is 5.91 Å². The van der Waals surface area contributed by atoms with Crippen LogP contribution in [-0.2, 0) is 4.79 Å². The second-order valence-corrected chi connectivity index (χ2v) is 6.86. The standard InChI is InChI=1S/C16H30N2O/c1-12(2)15-4-3-11-18(15)16(19)10-7-13-5-8-14(17)9-6-13/h12-15H,3-11,17H2,1-2H3. The first-order valence-corrected chi connectivity index (χ1v) is 8.13. The van der Waals surface area contributed by atoms with E-state index in [1.165, 1.54) is 25.7 Å². The maximum Gasteiger partial charge on any atom is 0.222 e. The Hall–Kier alpha value is -0.570. The van der Waals surface area contributed by atoms with Crippen molar-refractivity contribution >= 4 is 5.91 Å². The highest BCUT2D eigenvalue weighted by molar-refractivity contribution is 5.76. The molecule has 0 aromatic heterocycles. The summed E-state index contributed by atoms with van der Waals surface area (Å²) in [5.41, 5.74) is 5.93. The summed E-state index contributed by atoms with van der Waals surface area (Å²) in [6, 6.07) is 0.906. The molecule has 110 valence electrons. The minimum atomic E-state index is 0.395. The maximum absolute atomic E-state index is 12.4. The van der Waals surface area contributed by atoms with Crippen LogP contribution in [0.2, 0.25) is 0 Å². The molecular weight excluding hydrogens is 236 g/mol. The zero-order valence-corrected chi connectivity index (χ0v) is 12.6. The van der Waals surface area contributed by atoms with Gasteiger partial charge in [0.05, 0.1) is 0 Å². The Balaban J connectivity index is 1.75. The molecule has 1 aliphatic heterocycles. The monoisotopic (exact) mass is 266 g/mol. The number of amides is 1. The number of carbonyl (C=O) groups is 1. The molecule has 1 heterocycles. The predicted molar refractivity (Wildman–Crippen MR) is 78.7 cm³/mol. The van der Waals surface area contributed by atoms with Crippen LogP contribution in [0.5, 0.6) is 0 Å². The van der Waals surface area contributed by atoms with Crippen LogP contribution in [0.3, 0.4) is 0 Å². The highest BCUT2D eigenvalue weighted by atomic mass is 16.2. The van der Waals surface area contributed by atoms with Crippen molar-refractivity contribution in [1.82, 2.24) is 4.90 Å². The first-order chi connectivity index (χ1) is 9.08. The first kappa shape index (κ1) is 14.8. The molecule has 1 saturated carbocycles. The normalized spacial score (nSPS) is 32.0. The van der Waals surface area contributed by atoms with Crippen LogP contribution in [-0.4, -0.2) is 29.4 Å². The van der Waals surface area contributed by atoms with Crippen molar-refractivity contribution in [3.63, 3.8) is 0 Å². The lowest BCUT2D eigenvalue weighted by Crippen LogP contribution is -2.38. The highest BCUT2D eigenvalue weighted by Gasteiger charge is 2.30. The Kier molecular flexibility index (Phi) is 5.26. The molecule has 3 nitrogen and oxygen atoms in total. The minimum Gasteiger partial charge on any atom is -0.339 e. The number of hydrogen-bond donors (Lipinski definition) is 1. The molecule has 19 heavy (non-hydrogen) atoms. The third kappa shape index (κ3) is 3.95. The molecule has 2 rings (SSSR count). The molecule has 1 unspecified atom stereocenters. The second kappa shape index (κ2) is 6.74. The van der Waals surface area contributed by atoms with Gasteiger partial charge in [0.15, 0.2) is 0 Å². The van der Waals surface area contributed by atoms with Crippen LogP contribution in [0, 0.1) is 11.8 Å². The molecule has 2 fully saturated rings. The molecular formula is C16H30N2O. The van der Waals surface area contributed by atoms with E-state index in [0.29, 0.717) is 23.9 Å². The summed E-state index contributed by atoms with van der Waals surface area (Å²) in [5, 5.41) is 0. The van der Waals surface area contributed by atoms with E-state index in [1.807, 2.05) is 0 Å². The molecule has 1 saturated heterocycles. The van der Waals surface area contributed by atoms with Crippen molar-refractivity contribution < 1.29 is 4.79 Å². The van der Waals surface area contributed by atoms with Gasteiger partial charge in [-0.3, -0.25) is 4.79 Å². The van der Waals surface area contributed by atoms with Crippen LogP contribution in [0.15, 0.2) is 0 Å². The second-order valence-electron chi connectivity index (χ2n) is 6.86. The van der Waals surface area contributed by atoms with Crippen LogP contribution >= 0.6 is 0 Å². The zero-order valence-electron chi connectivity index (χ0n) is 12.6. The van der Waals surface area contributed by atoms with Crippen LogP contribution < -0.4 is 5.73 Å². The summed E-state index contributed by atoms with van der Waals surface area (Å²) >= 11 is 0. The van der Waals surface area contributed by atoms with Crippen molar-refractivity contribution in [3.8, 4) is 0 Å². The molecule has 0 radical (unpaired) electrons. The Bertz CT molecular complexity index is 295. The third-order valence-electron chi connectivity index (χ3n) is 5.05. The predicted octanol–water partition coefficient (Wildman–Crippen LogP) is 2.93. The fourth-order valence-electron chi connectivity index (χ4n) is 3.74. The van der Waals surface area contributed by atoms with E-state index in [2.05, 4.69) is 18.7 Å². The lowest BCUT2D eigenvalue weighted by Gasteiger charge is -2.29. The summed E-state index contributed by atoms with van der Waals surface area (Å²) < 4.78 is 0. The first-order valence-electron chi connectivity index (χ1n) is 8.13. The quantitative estimate of drug-likeness (QED) is 0.850. The summed E-state index contributed by atoms with van der Waals surface area (Å²) in [6.45, 7) is 5.45. The highest BCUT2D eigenvalue weighted by Crippen LogP contribution is 2.29. The number of likely N-dealkylation sites (tertiary alicyclic amines) is 1. The smallest absolute Gasteiger partial charge is 0.222 e. The van der Waals surface area contributed by atoms with Crippen LogP contribution in [0.1, 0.15) is 65.2 Å². The molecule has 2 aliphatic rings. The molecule has 0 bridgehead atoms. The fraction of sp³-hybridized carbons (Fsp3) is 0.938. The lowest BCUT2D eigenvalue weighted by atomic mass is 9.83. The van der Waals surface area contributed by atoms with Gasteiger partial charge in [0, 0.05) is 25.0 Å². The van der Waals surface area contributed by atoms with Crippen molar-refractivity contribution in [2.75, 3.05) is 6.54 Å². The van der Waals surface area contributed by atoms with E-state index in [9.17, 15) is 4.79 Å². The molecule has 1 amide bonds. The molecule has 3 heteroatoms. The zero-order chi connectivity index (χ0) is 13.8. The SMILES string of the molecule is CC(C)C1CCCN1C(=O)CCC1CCC(N)CC1. The van der Waals surface area contributed by atoms with Gasteiger partial charge in [-0.2, -0.15) is 0 Å². The van der Waals surface area contributed by atoms with Crippen molar-refractivity contribution in [2.45, 2.75) is 77.3 Å².